The van der Waals surface area contributed by atoms with E-state index in [2.05, 4.69) is 51.8 Å². The van der Waals surface area contributed by atoms with Crippen LogP contribution in [0.25, 0.3) is 0 Å². The number of carbonyl (C=O) groups is 5. The predicted octanol–water partition coefficient (Wildman–Crippen LogP) is 11.0. The van der Waals surface area contributed by atoms with Crippen molar-refractivity contribution in [3.63, 3.8) is 0 Å². The molecule has 0 saturated heterocycles. The van der Waals surface area contributed by atoms with Crippen LogP contribution < -0.4 is 31.2 Å². The lowest BCUT2D eigenvalue weighted by atomic mass is 10.2. The smallest absolute Gasteiger partial charge is 0.308 e. The fraction of sp³-hybridized carbons (Fsp3) is 0.314. The molecule has 3 atom stereocenters. The number of amides is 3. The molecule has 0 fully saturated rings. The van der Waals surface area contributed by atoms with Crippen LogP contribution in [0.15, 0.2) is 114 Å². The van der Waals surface area contributed by atoms with Gasteiger partial charge >= 0.3 is 11.9 Å². The van der Waals surface area contributed by atoms with Gasteiger partial charge in [-0.15, -0.1) is 35.3 Å². The number of alkyl halides is 1. The molecule has 6 N–H and O–H groups in total. The van der Waals surface area contributed by atoms with E-state index in [0.29, 0.717) is 34.5 Å². The van der Waals surface area contributed by atoms with E-state index in [9.17, 15) is 37.5 Å². The van der Waals surface area contributed by atoms with E-state index in [4.69, 9.17) is 34.2 Å². The van der Waals surface area contributed by atoms with Crippen molar-refractivity contribution in [3.05, 3.63) is 114 Å². The molecule has 22 nitrogen and oxygen atoms in total. The summed E-state index contributed by atoms with van der Waals surface area (Å²) in [5.74, 6) is -1.01. The van der Waals surface area contributed by atoms with E-state index >= 15 is 0 Å². The number of benzene rings is 3. The Bertz CT molecular complexity index is 3180. The van der Waals surface area contributed by atoms with Gasteiger partial charge in [-0.1, -0.05) is 97.7 Å². The number of nitrogens with zero attached hydrogens (tertiary/aromatic N) is 4. The first-order chi connectivity index (χ1) is 40.1. The van der Waals surface area contributed by atoms with Gasteiger partial charge in [-0.05, 0) is 61.4 Å². The molecule has 3 aromatic carbocycles. The number of nitrogens with one attached hydrogen (secondary N) is 3. The first kappa shape index (κ1) is 75.2. The van der Waals surface area contributed by atoms with Crippen molar-refractivity contribution in [2.75, 3.05) is 93.4 Å². The highest BCUT2D eigenvalue weighted by molar-refractivity contribution is 9.11. The predicted molar refractivity (Wildman–Crippen MR) is 349 cm³/mol. The summed E-state index contributed by atoms with van der Waals surface area (Å²) in [7, 11) is 4.27. The van der Waals surface area contributed by atoms with Crippen LogP contribution in [0.2, 0.25) is 0 Å². The fourth-order valence-electron chi connectivity index (χ4n) is 5.42. The Morgan fingerprint density at radius 3 is 1.30 bits per heavy atom. The number of hydrogen-bond donors (Lipinski definition) is 5. The summed E-state index contributed by atoms with van der Waals surface area (Å²) < 4.78 is 55.8. The van der Waals surface area contributed by atoms with Crippen molar-refractivity contribution in [2.45, 2.75) is 47.4 Å². The Morgan fingerprint density at radius 1 is 0.595 bits per heavy atom. The number of aromatic nitrogens is 4. The van der Waals surface area contributed by atoms with E-state index in [0.717, 1.165) is 32.6 Å². The zero-order valence-corrected chi connectivity index (χ0v) is 57.0. The maximum atomic E-state index is 12.2. The van der Waals surface area contributed by atoms with Crippen molar-refractivity contribution in [1.29, 1.82) is 0 Å². The number of nitrogens with two attached hydrogens (primary N) is 1. The lowest BCUT2D eigenvalue weighted by molar-refractivity contribution is -0.132. The lowest BCUT2D eigenvalue weighted by Crippen LogP contribution is -2.21. The van der Waals surface area contributed by atoms with Gasteiger partial charge in [0.25, 0.3) is 17.7 Å². The summed E-state index contributed by atoms with van der Waals surface area (Å²) in [6, 6.07) is 19.2. The third-order valence-corrected chi connectivity index (χ3v) is 20.6. The van der Waals surface area contributed by atoms with Crippen LogP contribution in [0.3, 0.4) is 0 Å². The minimum absolute atomic E-state index is 0.0370. The Kier molecular flexibility index (Phi) is 37.7. The minimum Gasteiger partial charge on any atom is -0.507 e. The number of ether oxygens (including phenoxy) is 6. The van der Waals surface area contributed by atoms with Gasteiger partial charge in [0.15, 0.2) is 33.1 Å². The van der Waals surface area contributed by atoms with Crippen molar-refractivity contribution in [1.82, 2.24) is 19.9 Å². The second-order valence-corrected chi connectivity index (χ2v) is 28.2. The fourth-order valence-corrected chi connectivity index (χ4v) is 12.2. The third-order valence-electron chi connectivity index (χ3n) is 9.24. The summed E-state index contributed by atoms with van der Waals surface area (Å²) in [4.78, 5) is 74.1. The van der Waals surface area contributed by atoms with Crippen LogP contribution in [-0.2, 0) is 50.1 Å². The minimum atomic E-state index is -1.14. The number of nitrogen functional groups attached to an aromatic ring is 1. The number of hydrogen-bond acceptors (Lipinski definition) is 27. The second-order valence-electron chi connectivity index (χ2n) is 15.1. The number of halogens is 1. The molecule has 0 aliphatic heterocycles. The molecule has 3 unspecified atom stereocenters. The normalized spacial score (nSPS) is 11.4. The summed E-state index contributed by atoms with van der Waals surface area (Å²) in [6.45, 7) is 2.55. The first-order valence-corrected chi connectivity index (χ1v) is 35.9. The lowest BCUT2D eigenvalue weighted by Gasteiger charge is -2.16. The molecule has 0 aliphatic carbocycles. The van der Waals surface area contributed by atoms with Crippen LogP contribution in [0.5, 0.6) is 17.2 Å². The molecule has 33 heteroatoms. The summed E-state index contributed by atoms with van der Waals surface area (Å²) in [6.07, 6.45) is 17.2. The Labute approximate surface area is 533 Å². The number of aromatic hydroxyl groups is 1. The standard InChI is InChI=1S/C13H12N2O4S2.C13H12N2O3S2.C11H10N2O3S2.C5H11BrO2S.C5H12O2S.C4H6N2S2/c1-8(16)19-10-6-4-3-5-9(10)12(17)15-13-14-7-11(20-13)21(2)18;1-8(16)18-10-6-4-3-5-9(10)12(17)15-13-14-7-11(19-2)20-13;1-18(16)9-6-12-11(17-9)13-10(15)7-4-2-3-5-8(7)14;1-7-5(8-2)4(6)9-3;1-6-5(7-2)4-8-3;1-7-3-2-6-4(5)8-3/h3-7H,1-2H3,(H,14,15,17);3-7H,1-2H3,(H,14,15,17);2-6,14H,1H3,(H,12,13,15);4-5H,1-3H3;5H,4H2,1-3H3;2H,1H3,(H2,5,6). The van der Waals surface area contributed by atoms with Gasteiger partial charge in [0.1, 0.15) is 29.8 Å². The average molecular weight is 1410 g/mol. The van der Waals surface area contributed by atoms with Crippen molar-refractivity contribution >= 4 is 180 Å². The molecular weight excluding hydrogens is 1350 g/mol. The molecule has 7 rings (SSSR count). The largest absolute Gasteiger partial charge is 0.507 e. The topological polar surface area (TPSA) is 309 Å². The second kappa shape index (κ2) is 42.1. The molecule has 0 bridgehead atoms. The molecule has 7 aromatic rings. The number of thiazole rings is 4. The number of methoxy groups -OCH3 is 4. The summed E-state index contributed by atoms with van der Waals surface area (Å²) in [5.41, 5.74) is 6.04. The molecular formula is C51H63BrN8O14S10. The molecule has 458 valence electrons. The molecule has 4 aromatic heterocycles. The number of phenolic OH excluding ortho intramolecular Hbond substituents is 1. The van der Waals surface area contributed by atoms with Crippen LogP contribution in [-0.4, -0.2) is 152 Å². The van der Waals surface area contributed by atoms with Gasteiger partial charge in [0.05, 0.1) is 71.5 Å². The molecule has 3 amide bonds. The van der Waals surface area contributed by atoms with E-state index in [1.165, 1.54) is 77.6 Å². The third kappa shape index (κ3) is 28.6. The van der Waals surface area contributed by atoms with Crippen LogP contribution in [0, 0.1) is 0 Å². The molecule has 0 aliphatic rings. The molecule has 4 heterocycles. The molecule has 0 radical (unpaired) electrons. The zero-order chi connectivity index (χ0) is 62.7. The molecule has 0 spiro atoms. The molecule has 84 heavy (non-hydrogen) atoms. The number of esters is 2. The number of carbonyl (C=O) groups excluding carboxylic acids is 5. The van der Waals surface area contributed by atoms with Crippen molar-refractivity contribution in [3.8, 4) is 17.2 Å². The summed E-state index contributed by atoms with van der Waals surface area (Å²) >= 11 is 15.1. The number of thioether (sulfide) groups is 4. The number of phenols is 1. The maximum Gasteiger partial charge on any atom is 0.308 e. The van der Waals surface area contributed by atoms with Crippen molar-refractivity contribution < 1.29 is 65.9 Å². The van der Waals surface area contributed by atoms with Crippen LogP contribution in [0.1, 0.15) is 44.9 Å². The average Bonchev–Trinajstić information content (AvgIpc) is 4.38. The quantitative estimate of drug-likeness (QED) is 0.0156. The number of rotatable bonds is 20. The van der Waals surface area contributed by atoms with Gasteiger partial charge < -0.3 is 39.3 Å². The van der Waals surface area contributed by atoms with Crippen LogP contribution in [0.4, 0.5) is 20.5 Å². The van der Waals surface area contributed by atoms with E-state index in [-0.39, 0.29) is 51.0 Å². The Hall–Kier alpha value is -4.85. The van der Waals surface area contributed by atoms with E-state index in [1.54, 1.807) is 149 Å². The van der Waals surface area contributed by atoms with Crippen LogP contribution >= 0.6 is 108 Å². The zero-order valence-electron chi connectivity index (χ0n) is 47.3. The Balaban J connectivity index is 0.000000360. The monoisotopic (exact) mass is 1410 g/mol. The summed E-state index contributed by atoms with van der Waals surface area (Å²) in [5, 5.41) is 19.2. The Morgan fingerprint density at radius 2 is 0.988 bits per heavy atom. The highest BCUT2D eigenvalue weighted by Gasteiger charge is 2.19. The van der Waals surface area contributed by atoms with Gasteiger partial charge in [-0.25, -0.2) is 19.9 Å². The van der Waals surface area contributed by atoms with E-state index in [1.807, 2.05) is 25.0 Å². The van der Waals surface area contributed by atoms with Gasteiger partial charge in [0.2, 0.25) is 0 Å². The van der Waals surface area contributed by atoms with Crippen molar-refractivity contribution in [2.24, 2.45) is 0 Å². The highest BCUT2D eigenvalue weighted by atomic mass is 79.9. The number of para-hydroxylation sites is 3. The first-order valence-electron chi connectivity index (χ1n) is 23.5. The molecule has 0 saturated carbocycles. The number of anilines is 4. The van der Waals surface area contributed by atoms with Gasteiger partial charge in [-0.3, -0.25) is 48.3 Å². The van der Waals surface area contributed by atoms with E-state index < -0.39 is 45.4 Å². The van der Waals surface area contributed by atoms with Gasteiger partial charge in [-0.2, -0.15) is 11.8 Å². The highest BCUT2D eigenvalue weighted by Crippen LogP contribution is 2.29. The van der Waals surface area contributed by atoms with Gasteiger partial charge in [0, 0.05) is 60.6 Å². The SMILES string of the molecule is CC(=O)Oc1ccccc1C(=O)Nc1ncc(S(C)=O)s1.COC(CSC)OC.COC(OC)C(Br)SC.CS(=O)c1cnc(NC(=O)c2ccccc2O)s1.CSc1cnc(N)s1.CSc1cnc(NC(=O)c2ccccc2OC(C)=O)s1. The maximum absolute atomic E-state index is 12.2.